The van der Waals surface area contributed by atoms with Crippen molar-refractivity contribution in [2.75, 3.05) is 5.32 Å². The van der Waals surface area contributed by atoms with Gasteiger partial charge in [-0.2, -0.15) is 0 Å². The summed E-state index contributed by atoms with van der Waals surface area (Å²) in [6, 6.07) is 10.9. The molecular formula is C21H26N2O5S. The summed E-state index contributed by atoms with van der Waals surface area (Å²) in [4.78, 5) is 24.8. The maximum absolute atomic E-state index is 12.4. The summed E-state index contributed by atoms with van der Waals surface area (Å²) in [5.74, 6) is -1.09. The molecule has 0 aromatic heterocycles. The number of amides is 1. The summed E-state index contributed by atoms with van der Waals surface area (Å²) < 4.78 is 32.0. The fraction of sp³-hybridized carbons (Fsp3) is 0.333. The van der Waals surface area contributed by atoms with E-state index in [1.54, 1.807) is 26.8 Å². The van der Waals surface area contributed by atoms with E-state index in [4.69, 9.17) is 4.74 Å². The second-order valence-corrected chi connectivity index (χ2v) is 8.87. The average molecular weight is 419 g/mol. The Balaban J connectivity index is 2.02. The first kappa shape index (κ1) is 22.6. The molecular weight excluding hydrogens is 392 g/mol. The Morgan fingerprint density at radius 2 is 1.59 bits per heavy atom. The van der Waals surface area contributed by atoms with Gasteiger partial charge in [0.1, 0.15) is 0 Å². The Morgan fingerprint density at radius 3 is 2.17 bits per heavy atom. The van der Waals surface area contributed by atoms with Crippen LogP contribution in [0.5, 0.6) is 0 Å². The molecule has 0 aliphatic carbocycles. The molecule has 0 aliphatic rings. The molecule has 0 spiro atoms. The highest BCUT2D eigenvalue weighted by molar-refractivity contribution is 7.89. The number of benzene rings is 2. The van der Waals surface area contributed by atoms with Crippen molar-refractivity contribution in [3.05, 3.63) is 59.2 Å². The highest BCUT2D eigenvalue weighted by Gasteiger charge is 2.21. The van der Waals surface area contributed by atoms with E-state index < -0.39 is 28.0 Å². The van der Waals surface area contributed by atoms with Crippen LogP contribution in [0.25, 0.3) is 0 Å². The van der Waals surface area contributed by atoms with Crippen molar-refractivity contribution in [2.45, 2.75) is 51.7 Å². The van der Waals surface area contributed by atoms with Crippen molar-refractivity contribution in [3.63, 3.8) is 0 Å². The number of rotatable bonds is 7. The number of aryl methyl sites for hydroxylation is 2. The second-order valence-electron chi connectivity index (χ2n) is 7.16. The molecule has 2 aromatic carbocycles. The van der Waals surface area contributed by atoms with E-state index in [2.05, 4.69) is 10.0 Å². The van der Waals surface area contributed by atoms with Crippen molar-refractivity contribution in [1.29, 1.82) is 0 Å². The SMILES string of the molecule is Cc1ccc(C)c(C(=O)O[C@@H](C)C(=O)Nc2ccc(S(=O)(=O)NC(C)C)cc2)c1. The predicted octanol–water partition coefficient (Wildman–Crippen LogP) is 3.17. The van der Waals surface area contributed by atoms with Gasteiger partial charge < -0.3 is 10.1 Å². The maximum Gasteiger partial charge on any atom is 0.339 e. The minimum absolute atomic E-state index is 0.0959. The van der Waals surface area contributed by atoms with Gasteiger partial charge >= 0.3 is 5.97 Å². The summed E-state index contributed by atoms with van der Waals surface area (Å²) in [5.41, 5.74) is 2.49. The minimum atomic E-state index is -3.61. The number of ether oxygens (including phenoxy) is 1. The molecule has 0 bridgehead atoms. The first-order chi connectivity index (χ1) is 13.5. The molecule has 8 heteroatoms. The second kappa shape index (κ2) is 9.19. The van der Waals surface area contributed by atoms with Gasteiger partial charge in [0.2, 0.25) is 10.0 Å². The van der Waals surface area contributed by atoms with Crippen molar-refractivity contribution in [1.82, 2.24) is 4.72 Å². The zero-order chi connectivity index (χ0) is 21.8. The first-order valence-corrected chi connectivity index (χ1v) is 10.7. The fourth-order valence-corrected chi connectivity index (χ4v) is 3.82. The van der Waals surface area contributed by atoms with E-state index in [9.17, 15) is 18.0 Å². The third kappa shape index (κ3) is 6.13. The smallest absolute Gasteiger partial charge is 0.339 e. The van der Waals surface area contributed by atoms with Crippen molar-refractivity contribution in [2.24, 2.45) is 0 Å². The van der Waals surface area contributed by atoms with Crippen LogP contribution in [-0.2, 0) is 19.6 Å². The normalized spacial score (nSPS) is 12.5. The van der Waals surface area contributed by atoms with Gasteiger partial charge in [-0.3, -0.25) is 4.79 Å². The first-order valence-electron chi connectivity index (χ1n) is 9.21. The molecule has 1 amide bonds. The standard InChI is InChI=1S/C21H26N2O5S/c1-13(2)23-29(26,27)18-10-8-17(9-11-18)22-20(24)16(5)28-21(25)19-12-14(3)6-7-15(19)4/h6-13,16,23H,1-5H3,(H,22,24)/t16-/m0/s1. The third-order valence-electron chi connectivity index (χ3n) is 4.09. The van der Waals surface area contributed by atoms with Crippen LogP contribution in [0, 0.1) is 13.8 Å². The molecule has 0 saturated heterocycles. The van der Waals surface area contributed by atoms with Crippen molar-refractivity contribution < 1.29 is 22.7 Å². The lowest BCUT2D eigenvalue weighted by molar-refractivity contribution is -0.123. The molecule has 0 radical (unpaired) electrons. The summed E-state index contributed by atoms with van der Waals surface area (Å²) in [7, 11) is -3.61. The molecule has 2 aromatic rings. The van der Waals surface area contributed by atoms with Crippen LogP contribution in [0.1, 0.15) is 42.3 Å². The number of esters is 1. The maximum atomic E-state index is 12.4. The molecule has 1 atom stereocenters. The van der Waals surface area contributed by atoms with Crippen LogP contribution in [-0.4, -0.2) is 32.4 Å². The molecule has 7 nitrogen and oxygen atoms in total. The molecule has 0 saturated carbocycles. The van der Waals surface area contributed by atoms with Crippen LogP contribution in [0.15, 0.2) is 47.4 Å². The van der Waals surface area contributed by atoms with Crippen LogP contribution in [0.2, 0.25) is 0 Å². The van der Waals surface area contributed by atoms with Gasteiger partial charge in [0.25, 0.3) is 5.91 Å². The van der Waals surface area contributed by atoms with Gasteiger partial charge in [-0.25, -0.2) is 17.9 Å². The Morgan fingerprint density at radius 1 is 0.966 bits per heavy atom. The monoisotopic (exact) mass is 418 g/mol. The predicted molar refractivity (Wildman–Crippen MR) is 111 cm³/mol. The van der Waals surface area contributed by atoms with E-state index in [1.165, 1.54) is 31.2 Å². The number of hydrogen-bond acceptors (Lipinski definition) is 5. The van der Waals surface area contributed by atoms with Gasteiger partial charge in [0.15, 0.2) is 6.10 Å². The molecule has 156 valence electrons. The van der Waals surface area contributed by atoms with Gasteiger partial charge in [-0.1, -0.05) is 17.7 Å². The Hall–Kier alpha value is -2.71. The molecule has 29 heavy (non-hydrogen) atoms. The third-order valence-corrected chi connectivity index (χ3v) is 5.76. The summed E-state index contributed by atoms with van der Waals surface area (Å²) >= 11 is 0. The van der Waals surface area contributed by atoms with Crippen LogP contribution < -0.4 is 10.0 Å². The zero-order valence-corrected chi connectivity index (χ0v) is 18.0. The average Bonchev–Trinajstić information content (AvgIpc) is 2.63. The zero-order valence-electron chi connectivity index (χ0n) is 17.1. The largest absolute Gasteiger partial charge is 0.449 e. The van der Waals surface area contributed by atoms with Crippen LogP contribution >= 0.6 is 0 Å². The number of nitrogens with one attached hydrogen (secondary N) is 2. The number of anilines is 1. The van der Waals surface area contributed by atoms with Crippen molar-refractivity contribution in [3.8, 4) is 0 Å². The lowest BCUT2D eigenvalue weighted by Crippen LogP contribution is -2.31. The van der Waals surface area contributed by atoms with E-state index >= 15 is 0 Å². The van der Waals surface area contributed by atoms with Crippen molar-refractivity contribution >= 4 is 27.6 Å². The van der Waals surface area contributed by atoms with Crippen LogP contribution in [0.3, 0.4) is 0 Å². The number of carbonyl (C=O) groups is 2. The van der Waals surface area contributed by atoms with Gasteiger partial charge in [0, 0.05) is 11.7 Å². The molecule has 2 rings (SSSR count). The number of hydrogen-bond donors (Lipinski definition) is 2. The topological polar surface area (TPSA) is 102 Å². The summed E-state index contributed by atoms with van der Waals surface area (Å²) in [6.45, 7) is 8.60. The van der Waals surface area contributed by atoms with Gasteiger partial charge in [-0.15, -0.1) is 0 Å². The van der Waals surface area contributed by atoms with Gasteiger partial charge in [0.05, 0.1) is 10.5 Å². The Kier molecular flexibility index (Phi) is 7.16. The van der Waals surface area contributed by atoms with E-state index in [0.717, 1.165) is 11.1 Å². The van der Waals surface area contributed by atoms with E-state index in [1.807, 2.05) is 19.1 Å². The summed E-state index contributed by atoms with van der Waals surface area (Å²) in [5, 5.41) is 2.61. The van der Waals surface area contributed by atoms with E-state index in [-0.39, 0.29) is 10.9 Å². The molecule has 0 unspecified atom stereocenters. The lowest BCUT2D eigenvalue weighted by atomic mass is 10.1. The van der Waals surface area contributed by atoms with Gasteiger partial charge in [-0.05, 0) is 70.5 Å². The minimum Gasteiger partial charge on any atom is -0.449 e. The summed E-state index contributed by atoms with van der Waals surface area (Å²) in [6.07, 6.45) is -1.02. The fourth-order valence-electron chi connectivity index (χ4n) is 2.57. The van der Waals surface area contributed by atoms with Crippen LogP contribution in [0.4, 0.5) is 5.69 Å². The number of carbonyl (C=O) groups excluding carboxylic acids is 2. The molecule has 0 fully saturated rings. The molecule has 2 N–H and O–H groups in total. The Bertz CT molecular complexity index is 998. The quantitative estimate of drug-likeness (QED) is 0.673. The Labute approximate surface area is 171 Å². The molecule has 0 aliphatic heterocycles. The highest BCUT2D eigenvalue weighted by Crippen LogP contribution is 2.16. The van der Waals surface area contributed by atoms with E-state index in [0.29, 0.717) is 11.3 Å². The highest BCUT2D eigenvalue weighted by atomic mass is 32.2. The number of sulfonamides is 1. The molecule has 0 heterocycles. The lowest BCUT2D eigenvalue weighted by Gasteiger charge is -2.15.